The van der Waals surface area contributed by atoms with Gasteiger partial charge in [0, 0.05) is 19.0 Å². The van der Waals surface area contributed by atoms with Crippen molar-refractivity contribution in [3.05, 3.63) is 35.9 Å². The van der Waals surface area contributed by atoms with E-state index in [2.05, 4.69) is 35.2 Å². The standard InChI is InChI=1S/C23H31NO/c25-22(23-13-17-10-18(14-23)12-19(11-17)15-23)24-9-5-4-8-21(16-24)20-6-2-1-3-7-20/h1-3,6-7,17-19,21H,4-5,8-16H2. The fraction of sp³-hybridized carbons (Fsp3) is 0.696. The summed E-state index contributed by atoms with van der Waals surface area (Å²) < 4.78 is 0. The third-order valence-corrected chi connectivity index (χ3v) is 7.72. The second-order valence-electron chi connectivity index (χ2n) is 9.55. The molecular formula is C23H31NO. The summed E-state index contributed by atoms with van der Waals surface area (Å²) in [5.74, 6) is 3.63. The fourth-order valence-corrected chi connectivity index (χ4v) is 7.03. The first-order chi connectivity index (χ1) is 12.2. The highest BCUT2D eigenvalue weighted by molar-refractivity contribution is 5.83. The molecule has 0 N–H and O–H groups in total. The Morgan fingerprint density at radius 1 is 0.920 bits per heavy atom. The first-order valence-corrected chi connectivity index (χ1v) is 10.6. The molecule has 2 nitrogen and oxygen atoms in total. The number of benzene rings is 1. The van der Waals surface area contributed by atoms with Crippen LogP contribution < -0.4 is 0 Å². The Morgan fingerprint density at radius 3 is 2.20 bits per heavy atom. The molecule has 2 heteroatoms. The van der Waals surface area contributed by atoms with Crippen LogP contribution in [0.4, 0.5) is 0 Å². The molecule has 1 unspecified atom stereocenters. The van der Waals surface area contributed by atoms with Crippen LogP contribution in [0.2, 0.25) is 0 Å². The topological polar surface area (TPSA) is 20.3 Å². The van der Waals surface area contributed by atoms with Crippen LogP contribution >= 0.6 is 0 Å². The molecule has 4 aliphatic carbocycles. The van der Waals surface area contributed by atoms with E-state index in [4.69, 9.17) is 0 Å². The molecular weight excluding hydrogens is 306 g/mol. The van der Waals surface area contributed by atoms with Crippen molar-refractivity contribution in [3.8, 4) is 0 Å². The lowest BCUT2D eigenvalue weighted by Crippen LogP contribution is -2.55. The first kappa shape index (κ1) is 15.9. The van der Waals surface area contributed by atoms with Gasteiger partial charge in [0.15, 0.2) is 0 Å². The van der Waals surface area contributed by atoms with Gasteiger partial charge in [-0.3, -0.25) is 4.79 Å². The molecule has 4 saturated carbocycles. The molecule has 25 heavy (non-hydrogen) atoms. The molecule has 0 radical (unpaired) electrons. The van der Waals surface area contributed by atoms with E-state index < -0.39 is 0 Å². The zero-order valence-corrected chi connectivity index (χ0v) is 15.3. The minimum atomic E-state index is 0.0281. The van der Waals surface area contributed by atoms with Gasteiger partial charge in [0.05, 0.1) is 5.41 Å². The number of nitrogens with zero attached hydrogens (tertiary/aromatic N) is 1. The van der Waals surface area contributed by atoms with Crippen LogP contribution in [0, 0.1) is 23.2 Å². The van der Waals surface area contributed by atoms with Crippen molar-refractivity contribution >= 4 is 5.91 Å². The number of carbonyl (C=O) groups is 1. The van der Waals surface area contributed by atoms with Gasteiger partial charge in [0.25, 0.3) is 0 Å². The van der Waals surface area contributed by atoms with Crippen LogP contribution in [0.3, 0.4) is 0 Å². The molecule has 5 aliphatic rings. The molecule has 134 valence electrons. The summed E-state index contributed by atoms with van der Waals surface area (Å²) >= 11 is 0. The number of rotatable bonds is 2. The highest BCUT2D eigenvalue weighted by Gasteiger charge is 2.55. The van der Waals surface area contributed by atoms with Crippen molar-refractivity contribution in [2.24, 2.45) is 23.2 Å². The highest BCUT2D eigenvalue weighted by Crippen LogP contribution is 2.60. The summed E-state index contributed by atoms with van der Waals surface area (Å²) in [6.45, 7) is 1.94. The van der Waals surface area contributed by atoms with Gasteiger partial charge in [-0.1, -0.05) is 36.8 Å². The molecule has 1 aliphatic heterocycles. The average Bonchev–Trinajstić information content (AvgIpc) is 2.87. The zero-order valence-electron chi connectivity index (χ0n) is 15.3. The maximum absolute atomic E-state index is 13.7. The van der Waals surface area contributed by atoms with E-state index in [9.17, 15) is 4.79 Å². The lowest BCUT2D eigenvalue weighted by atomic mass is 9.49. The Kier molecular flexibility index (Phi) is 3.91. The maximum Gasteiger partial charge on any atom is 0.228 e. The van der Waals surface area contributed by atoms with Crippen molar-refractivity contribution in [2.45, 2.75) is 63.7 Å². The molecule has 1 aromatic carbocycles. The Bertz CT molecular complexity index is 601. The van der Waals surface area contributed by atoms with E-state index in [0.29, 0.717) is 11.8 Å². The minimum absolute atomic E-state index is 0.0281. The van der Waals surface area contributed by atoms with Gasteiger partial charge < -0.3 is 4.90 Å². The van der Waals surface area contributed by atoms with Gasteiger partial charge in [0.1, 0.15) is 0 Å². The van der Waals surface area contributed by atoms with E-state index in [0.717, 1.165) is 30.8 Å². The van der Waals surface area contributed by atoms with Gasteiger partial charge in [-0.15, -0.1) is 0 Å². The molecule has 0 aromatic heterocycles. The van der Waals surface area contributed by atoms with Crippen molar-refractivity contribution < 1.29 is 4.79 Å². The van der Waals surface area contributed by atoms with Gasteiger partial charge >= 0.3 is 0 Å². The average molecular weight is 338 g/mol. The number of hydrogen-bond acceptors (Lipinski definition) is 1. The summed E-state index contributed by atoms with van der Waals surface area (Å²) in [4.78, 5) is 16.0. The van der Waals surface area contributed by atoms with Gasteiger partial charge in [0.2, 0.25) is 5.91 Å². The van der Waals surface area contributed by atoms with Crippen molar-refractivity contribution in [2.75, 3.05) is 13.1 Å². The summed E-state index contributed by atoms with van der Waals surface area (Å²) in [6, 6.07) is 10.9. The third-order valence-electron chi connectivity index (χ3n) is 7.72. The first-order valence-electron chi connectivity index (χ1n) is 10.6. The molecule has 4 bridgehead atoms. The summed E-state index contributed by atoms with van der Waals surface area (Å²) in [6.07, 6.45) is 11.5. The number of carbonyl (C=O) groups excluding carboxylic acids is 1. The van der Waals surface area contributed by atoms with Gasteiger partial charge in [-0.05, 0) is 74.7 Å². The predicted molar refractivity (Wildman–Crippen MR) is 100 cm³/mol. The predicted octanol–water partition coefficient (Wildman–Crippen LogP) is 5.00. The summed E-state index contributed by atoms with van der Waals surface area (Å²) in [5.41, 5.74) is 1.45. The smallest absolute Gasteiger partial charge is 0.228 e. The van der Waals surface area contributed by atoms with Gasteiger partial charge in [-0.25, -0.2) is 0 Å². The molecule has 5 fully saturated rings. The zero-order chi connectivity index (χ0) is 16.9. The van der Waals surface area contributed by atoms with Crippen molar-refractivity contribution in [3.63, 3.8) is 0 Å². The lowest BCUT2D eigenvalue weighted by Gasteiger charge is -2.56. The van der Waals surface area contributed by atoms with Crippen LogP contribution in [-0.2, 0) is 4.79 Å². The Labute approximate surface area is 152 Å². The SMILES string of the molecule is O=C(N1CCCCC(c2ccccc2)C1)C12CC3CC(CC(C3)C1)C2. The van der Waals surface area contributed by atoms with E-state index >= 15 is 0 Å². The second-order valence-corrected chi connectivity index (χ2v) is 9.55. The molecule has 1 saturated heterocycles. The lowest BCUT2D eigenvalue weighted by molar-refractivity contribution is -0.157. The van der Waals surface area contributed by atoms with Crippen LogP contribution in [0.1, 0.15) is 69.3 Å². The van der Waals surface area contributed by atoms with Crippen molar-refractivity contribution in [1.82, 2.24) is 4.90 Å². The molecule has 1 amide bonds. The maximum atomic E-state index is 13.7. The summed E-state index contributed by atoms with van der Waals surface area (Å²) in [7, 11) is 0. The van der Waals surface area contributed by atoms with E-state index in [1.54, 1.807) is 0 Å². The van der Waals surface area contributed by atoms with Gasteiger partial charge in [-0.2, -0.15) is 0 Å². The molecule has 0 spiro atoms. The van der Waals surface area contributed by atoms with Crippen LogP contribution in [-0.4, -0.2) is 23.9 Å². The summed E-state index contributed by atoms with van der Waals surface area (Å²) in [5, 5.41) is 0. The monoisotopic (exact) mass is 337 g/mol. The highest BCUT2D eigenvalue weighted by atomic mass is 16.2. The number of hydrogen-bond donors (Lipinski definition) is 0. The third kappa shape index (κ3) is 2.82. The Hall–Kier alpha value is -1.31. The van der Waals surface area contributed by atoms with E-state index in [-0.39, 0.29) is 5.41 Å². The van der Waals surface area contributed by atoms with E-state index in [1.165, 1.54) is 63.4 Å². The minimum Gasteiger partial charge on any atom is -0.342 e. The quantitative estimate of drug-likeness (QED) is 0.744. The molecule has 1 aromatic rings. The fourth-order valence-electron chi connectivity index (χ4n) is 7.03. The number of likely N-dealkylation sites (tertiary alicyclic amines) is 1. The van der Waals surface area contributed by atoms with Crippen LogP contribution in [0.15, 0.2) is 30.3 Å². The van der Waals surface area contributed by atoms with Crippen LogP contribution in [0.5, 0.6) is 0 Å². The largest absolute Gasteiger partial charge is 0.342 e. The number of amides is 1. The van der Waals surface area contributed by atoms with E-state index in [1.807, 2.05) is 0 Å². The molecule has 6 rings (SSSR count). The Balaban J connectivity index is 1.37. The van der Waals surface area contributed by atoms with Crippen LogP contribution in [0.25, 0.3) is 0 Å². The second kappa shape index (κ2) is 6.14. The van der Waals surface area contributed by atoms with Crippen molar-refractivity contribution in [1.29, 1.82) is 0 Å². The normalized spacial score (nSPS) is 40.1. The molecule has 1 heterocycles. The molecule has 1 atom stereocenters. The Morgan fingerprint density at radius 2 is 1.56 bits per heavy atom.